The highest BCUT2D eigenvalue weighted by atomic mass is 32.1. The molecule has 5 heterocycles. The molecule has 5 nitrogen and oxygen atoms in total. The second-order valence-electron chi connectivity index (χ2n) is 14.0. The molecular weight excluding hydrogens is 693 g/mol. The summed E-state index contributed by atoms with van der Waals surface area (Å²) in [5.41, 5.74) is 11.7. The normalized spacial score (nSPS) is 12.0. The van der Waals surface area contributed by atoms with Gasteiger partial charge in [0.1, 0.15) is 11.2 Å². The molecule has 7 aromatic carbocycles. The van der Waals surface area contributed by atoms with Gasteiger partial charge in [0, 0.05) is 54.1 Å². The molecule has 0 bridgehead atoms. The number of benzene rings is 7. The Morgan fingerprint density at radius 3 is 1.84 bits per heavy atom. The van der Waals surface area contributed by atoms with Crippen molar-refractivity contribution in [3.63, 3.8) is 0 Å². The lowest BCUT2D eigenvalue weighted by molar-refractivity contribution is 0.669. The molecule has 0 unspecified atom stereocenters. The minimum absolute atomic E-state index is 0.631. The number of hydrogen-bond donors (Lipinski definition) is 0. The topological polar surface area (TPSA) is 56.2 Å². The predicted octanol–water partition coefficient (Wildman–Crippen LogP) is 13.3. The first-order valence-electron chi connectivity index (χ1n) is 18.4. The molecule has 55 heavy (non-hydrogen) atoms. The average Bonchev–Trinajstić information content (AvgIpc) is 4.02. The van der Waals surface area contributed by atoms with Crippen molar-refractivity contribution in [3.05, 3.63) is 170 Å². The maximum absolute atomic E-state index is 6.51. The molecule has 6 heteroatoms. The van der Waals surface area contributed by atoms with E-state index in [0.717, 1.165) is 49.8 Å². The van der Waals surface area contributed by atoms with E-state index in [1.165, 1.54) is 47.8 Å². The van der Waals surface area contributed by atoms with Gasteiger partial charge in [-0.25, -0.2) is 15.0 Å². The van der Waals surface area contributed by atoms with Gasteiger partial charge >= 0.3 is 0 Å². The van der Waals surface area contributed by atoms with Crippen LogP contribution in [0.3, 0.4) is 0 Å². The van der Waals surface area contributed by atoms with Crippen LogP contribution in [0, 0.1) is 0 Å². The summed E-state index contributed by atoms with van der Waals surface area (Å²) < 4.78 is 10.3. The standard InChI is InChI=1S/C49H28N4OS/c1-3-12-29(13-4-1)47-50-48(30-14-5-2-6-15-30)52-49(51-47)33-17-9-16-31(26-33)32-24-25-41-38(27-32)44-36(20-11-23-42(44)54-41)43-28-40-46(55-43)37-21-10-19-35-34-18-7-8-22-39(34)53(40)45(35)37/h1-28H. The Balaban J connectivity index is 1.00. The number of hydrogen-bond acceptors (Lipinski definition) is 5. The lowest BCUT2D eigenvalue weighted by Gasteiger charge is -2.10. The van der Waals surface area contributed by atoms with Gasteiger partial charge in [0.15, 0.2) is 17.5 Å². The Hall–Kier alpha value is -7.15. The SMILES string of the molecule is c1ccc(-c2nc(-c3ccccc3)nc(-c3cccc(-c4ccc5oc6cccc(-c7cc8c(s7)c7cccc9c%10ccccc%10n8c97)c6c5c4)c3)n2)cc1. The smallest absolute Gasteiger partial charge is 0.164 e. The van der Waals surface area contributed by atoms with E-state index in [2.05, 4.69) is 114 Å². The van der Waals surface area contributed by atoms with E-state index in [4.69, 9.17) is 19.4 Å². The first-order valence-corrected chi connectivity index (χ1v) is 19.2. The largest absolute Gasteiger partial charge is 0.456 e. The van der Waals surface area contributed by atoms with Crippen molar-refractivity contribution in [1.29, 1.82) is 0 Å². The molecule has 0 spiro atoms. The van der Waals surface area contributed by atoms with Gasteiger partial charge in [-0.2, -0.15) is 0 Å². The Kier molecular flexibility index (Phi) is 6.44. The molecule has 5 aromatic heterocycles. The van der Waals surface area contributed by atoms with Gasteiger partial charge < -0.3 is 8.82 Å². The fourth-order valence-corrected chi connectivity index (χ4v) is 9.51. The molecule has 0 aliphatic heterocycles. The van der Waals surface area contributed by atoms with E-state index in [1.54, 1.807) is 0 Å². The number of furan rings is 1. The van der Waals surface area contributed by atoms with Gasteiger partial charge in [0.05, 0.1) is 21.3 Å². The number of para-hydroxylation sites is 2. The fourth-order valence-electron chi connectivity index (χ4n) is 8.31. The second-order valence-corrected chi connectivity index (χ2v) is 15.0. The highest BCUT2D eigenvalue weighted by molar-refractivity contribution is 7.23. The third-order valence-electron chi connectivity index (χ3n) is 10.8. The van der Waals surface area contributed by atoms with Crippen LogP contribution >= 0.6 is 11.3 Å². The van der Waals surface area contributed by atoms with Crippen LogP contribution in [0.15, 0.2) is 174 Å². The van der Waals surface area contributed by atoms with Gasteiger partial charge in [0.2, 0.25) is 0 Å². The van der Waals surface area contributed by atoms with Crippen molar-refractivity contribution in [2.75, 3.05) is 0 Å². The summed E-state index contributed by atoms with van der Waals surface area (Å²) in [5.74, 6) is 1.92. The van der Waals surface area contributed by atoms with Crippen LogP contribution in [-0.2, 0) is 0 Å². The number of aromatic nitrogens is 4. The minimum atomic E-state index is 0.631. The van der Waals surface area contributed by atoms with Crippen LogP contribution in [0.5, 0.6) is 0 Å². The first-order chi connectivity index (χ1) is 27.2. The summed E-state index contributed by atoms with van der Waals surface area (Å²) in [4.78, 5) is 16.1. The molecule has 0 fully saturated rings. The van der Waals surface area contributed by atoms with Crippen molar-refractivity contribution in [1.82, 2.24) is 19.4 Å². The Labute approximate surface area is 318 Å². The number of nitrogens with zero attached hydrogens (tertiary/aromatic N) is 4. The minimum Gasteiger partial charge on any atom is -0.456 e. The van der Waals surface area contributed by atoms with Crippen molar-refractivity contribution < 1.29 is 4.42 Å². The molecule has 12 rings (SSSR count). The van der Waals surface area contributed by atoms with Crippen molar-refractivity contribution >= 4 is 70.7 Å². The average molecular weight is 721 g/mol. The summed E-state index contributed by atoms with van der Waals surface area (Å²) >= 11 is 1.86. The monoisotopic (exact) mass is 720 g/mol. The second kappa shape index (κ2) is 11.7. The zero-order valence-corrected chi connectivity index (χ0v) is 30.1. The maximum atomic E-state index is 6.51. The molecule has 12 aromatic rings. The quantitative estimate of drug-likeness (QED) is 0.178. The van der Waals surface area contributed by atoms with Crippen molar-refractivity contribution in [2.24, 2.45) is 0 Å². The Bertz CT molecular complexity index is 3380. The van der Waals surface area contributed by atoms with Crippen LogP contribution < -0.4 is 0 Å². The fraction of sp³-hybridized carbons (Fsp3) is 0. The molecule has 256 valence electrons. The lowest BCUT2D eigenvalue weighted by Crippen LogP contribution is -2.00. The lowest BCUT2D eigenvalue weighted by atomic mass is 9.99. The van der Waals surface area contributed by atoms with Gasteiger partial charge in [-0.05, 0) is 47.5 Å². The van der Waals surface area contributed by atoms with E-state index in [-0.39, 0.29) is 0 Å². The molecule has 0 atom stereocenters. The number of fused-ring (bicyclic) bond motifs is 9. The summed E-state index contributed by atoms with van der Waals surface area (Å²) in [5, 5.41) is 6.12. The van der Waals surface area contributed by atoms with Crippen LogP contribution in [0.1, 0.15) is 0 Å². The highest BCUT2D eigenvalue weighted by Gasteiger charge is 2.22. The van der Waals surface area contributed by atoms with E-state index in [0.29, 0.717) is 17.5 Å². The number of thiophene rings is 1. The summed E-state index contributed by atoms with van der Waals surface area (Å²) in [6, 6.07) is 59.4. The summed E-state index contributed by atoms with van der Waals surface area (Å²) in [6.45, 7) is 0. The van der Waals surface area contributed by atoms with Crippen LogP contribution in [0.25, 0.3) is 115 Å². The molecule has 0 aliphatic carbocycles. The van der Waals surface area contributed by atoms with E-state index >= 15 is 0 Å². The van der Waals surface area contributed by atoms with Crippen LogP contribution in [0.2, 0.25) is 0 Å². The van der Waals surface area contributed by atoms with Gasteiger partial charge in [0.25, 0.3) is 0 Å². The van der Waals surface area contributed by atoms with Gasteiger partial charge in [-0.3, -0.25) is 0 Å². The number of rotatable bonds is 5. The maximum Gasteiger partial charge on any atom is 0.164 e. The van der Waals surface area contributed by atoms with Crippen LogP contribution in [0.4, 0.5) is 0 Å². The molecule has 0 amide bonds. The molecule has 0 N–H and O–H groups in total. The van der Waals surface area contributed by atoms with Gasteiger partial charge in [-0.1, -0.05) is 133 Å². The Morgan fingerprint density at radius 2 is 1.04 bits per heavy atom. The van der Waals surface area contributed by atoms with E-state index in [9.17, 15) is 0 Å². The van der Waals surface area contributed by atoms with E-state index in [1.807, 2.05) is 72.0 Å². The summed E-state index contributed by atoms with van der Waals surface area (Å²) in [6.07, 6.45) is 0. The zero-order chi connectivity index (χ0) is 36.0. The van der Waals surface area contributed by atoms with Crippen molar-refractivity contribution in [2.45, 2.75) is 0 Å². The first kappa shape index (κ1) is 30.3. The van der Waals surface area contributed by atoms with Gasteiger partial charge in [-0.15, -0.1) is 11.3 Å². The summed E-state index contributed by atoms with van der Waals surface area (Å²) in [7, 11) is 0. The van der Waals surface area contributed by atoms with E-state index < -0.39 is 0 Å². The zero-order valence-electron chi connectivity index (χ0n) is 29.3. The Morgan fingerprint density at radius 1 is 0.418 bits per heavy atom. The highest BCUT2D eigenvalue weighted by Crippen LogP contribution is 2.47. The van der Waals surface area contributed by atoms with Crippen molar-refractivity contribution in [3.8, 4) is 55.7 Å². The van der Waals surface area contributed by atoms with Crippen LogP contribution in [-0.4, -0.2) is 19.4 Å². The third-order valence-corrected chi connectivity index (χ3v) is 12.0. The molecule has 0 saturated carbocycles. The molecule has 0 aliphatic rings. The third kappa shape index (κ3) is 4.62. The molecule has 0 radical (unpaired) electrons. The predicted molar refractivity (Wildman–Crippen MR) is 227 cm³/mol. The molecular formula is C49H28N4OS. The molecule has 0 saturated heterocycles.